The molecule has 0 heterocycles. The van der Waals surface area contributed by atoms with Gasteiger partial charge >= 0.3 is 11.9 Å². The van der Waals surface area contributed by atoms with E-state index in [-0.39, 0.29) is 24.3 Å². The van der Waals surface area contributed by atoms with Crippen LogP contribution in [0.25, 0.3) is 0 Å². The lowest BCUT2D eigenvalue weighted by molar-refractivity contribution is 0.0492. The summed E-state index contributed by atoms with van der Waals surface area (Å²) in [6, 6.07) is 2.90. The largest absolute Gasteiger partial charge is 0.465 e. The van der Waals surface area contributed by atoms with Gasteiger partial charge in [-0.1, -0.05) is 0 Å². The van der Waals surface area contributed by atoms with Crippen LogP contribution >= 0.6 is 0 Å². The van der Waals surface area contributed by atoms with E-state index in [0.717, 1.165) is 25.3 Å². The zero-order chi connectivity index (χ0) is 16.8. The van der Waals surface area contributed by atoms with Crippen LogP contribution in [-0.2, 0) is 19.6 Å². The molecule has 22 heavy (non-hydrogen) atoms. The molecule has 1 aromatic carbocycles. The van der Waals surface area contributed by atoms with Crippen LogP contribution in [0.1, 0.15) is 33.6 Å². The molecule has 1 rings (SSSR count). The molecule has 0 saturated heterocycles. The fourth-order valence-electron chi connectivity index (χ4n) is 1.56. The standard InChI is InChI=1S/C13H16O8S/c1-20-12(15)9-6-10(8-11(7-9)22(17,18)19)13(16)21-5-3-2-4-14/h6-8,14H,2-5H2,1H3,(H,17,18,19). The van der Waals surface area contributed by atoms with Gasteiger partial charge < -0.3 is 14.6 Å². The maximum absolute atomic E-state index is 11.8. The fraction of sp³-hybridized carbons (Fsp3) is 0.385. The number of aliphatic hydroxyl groups excluding tert-OH is 1. The zero-order valence-electron chi connectivity index (χ0n) is 11.8. The molecule has 0 atom stereocenters. The first-order chi connectivity index (χ1) is 10.3. The maximum Gasteiger partial charge on any atom is 0.338 e. The Balaban J connectivity index is 3.07. The van der Waals surface area contributed by atoms with Crippen molar-refractivity contribution in [2.24, 2.45) is 0 Å². The predicted molar refractivity (Wildman–Crippen MR) is 74.2 cm³/mol. The predicted octanol–water partition coefficient (Wildman–Crippen LogP) is 0.649. The summed E-state index contributed by atoms with van der Waals surface area (Å²) >= 11 is 0. The average molecular weight is 332 g/mol. The second kappa shape index (κ2) is 7.87. The third-order valence-electron chi connectivity index (χ3n) is 2.65. The number of benzene rings is 1. The molecule has 0 aliphatic heterocycles. The van der Waals surface area contributed by atoms with Gasteiger partial charge in [-0.2, -0.15) is 8.42 Å². The van der Waals surface area contributed by atoms with E-state index in [1.165, 1.54) is 0 Å². The minimum absolute atomic E-state index is 0.0308. The quantitative estimate of drug-likeness (QED) is 0.423. The number of hydrogen-bond donors (Lipinski definition) is 2. The van der Waals surface area contributed by atoms with E-state index in [4.69, 9.17) is 14.4 Å². The molecule has 122 valence electrons. The van der Waals surface area contributed by atoms with Crippen molar-refractivity contribution in [3.63, 3.8) is 0 Å². The van der Waals surface area contributed by atoms with Crippen molar-refractivity contribution in [1.82, 2.24) is 0 Å². The van der Waals surface area contributed by atoms with Gasteiger partial charge in [-0.15, -0.1) is 0 Å². The molecule has 0 aliphatic rings. The Hall–Kier alpha value is -1.97. The third-order valence-corrected chi connectivity index (χ3v) is 3.48. The highest BCUT2D eigenvalue weighted by molar-refractivity contribution is 7.85. The summed E-state index contributed by atoms with van der Waals surface area (Å²) in [5.74, 6) is -1.71. The third kappa shape index (κ3) is 5.10. The number of carbonyl (C=O) groups is 2. The van der Waals surface area contributed by atoms with E-state index in [1.807, 2.05) is 0 Å². The van der Waals surface area contributed by atoms with E-state index in [2.05, 4.69) is 4.74 Å². The highest BCUT2D eigenvalue weighted by Crippen LogP contribution is 2.17. The maximum atomic E-state index is 11.8. The second-order valence-corrected chi connectivity index (χ2v) is 5.70. The smallest absolute Gasteiger partial charge is 0.338 e. The normalized spacial score (nSPS) is 11.0. The molecule has 8 nitrogen and oxygen atoms in total. The lowest BCUT2D eigenvalue weighted by Gasteiger charge is -2.08. The minimum Gasteiger partial charge on any atom is -0.465 e. The summed E-state index contributed by atoms with van der Waals surface area (Å²) in [4.78, 5) is 22.7. The van der Waals surface area contributed by atoms with Crippen LogP contribution < -0.4 is 0 Å². The number of esters is 2. The summed E-state index contributed by atoms with van der Waals surface area (Å²) < 4.78 is 40.8. The van der Waals surface area contributed by atoms with Gasteiger partial charge in [0.2, 0.25) is 0 Å². The molecular weight excluding hydrogens is 316 g/mol. The van der Waals surface area contributed by atoms with Gasteiger partial charge in [0.25, 0.3) is 10.1 Å². The Morgan fingerprint density at radius 2 is 1.68 bits per heavy atom. The van der Waals surface area contributed by atoms with E-state index in [1.54, 1.807) is 0 Å². The molecule has 0 amide bonds. The van der Waals surface area contributed by atoms with Crippen LogP contribution in [0.2, 0.25) is 0 Å². The summed E-state index contributed by atoms with van der Waals surface area (Å²) in [5.41, 5.74) is -0.417. The molecular formula is C13H16O8S. The van der Waals surface area contributed by atoms with E-state index in [0.29, 0.717) is 12.8 Å². The first kappa shape index (κ1) is 18.1. The minimum atomic E-state index is -4.60. The van der Waals surface area contributed by atoms with Crippen LogP contribution in [0.4, 0.5) is 0 Å². The van der Waals surface area contributed by atoms with Crippen molar-refractivity contribution in [1.29, 1.82) is 0 Å². The molecule has 0 aromatic heterocycles. The molecule has 0 bridgehead atoms. The Bertz CT molecular complexity index is 650. The lowest BCUT2D eigenvalue weighted by Crippen LogP contribution is -2.11. The van der Waals surface area contributed by atoms with Gasteiger partial charge in [0.05, 0.1) is 29.7 Å². The summed E-state index contributed by atoms with van der Waals surface area (Å²) in [5, 5.41) is 8.61. The average Bonchev–Trinajstić information content (AvgIpc) is 2.49. The van der Waals surface area contributed by atoms with Gasteiger partial charge in [-0.3, -0.25) is 4.55 Å². The molecule has 0 radical (unpaired) electrons. The highest BCUT2D eigenvalue weighted by atomic mass is 32.2. The molecule has 0 saturated carbocycles. The van der Waals surface area contributed by atoms with E-state index in [9.17, 15) is 18.0 Å². The number of aliphatic hydroxyl groups is 1. The molecule has 0 spiro atoms. The topological polar surface area (TPSA) is 127 Å². The SMILES string of the molecule is COC(=O)c1cc(C(=O)OCCCCO)cc(S(=O)(=O)O)c1. The van der Waals surface area contributed by atoms with E-state index < -0.39 is 27.0 Å². The van der Waals surface area contributed by atoms with Gasteiger partial charge in [0.1, 0.15) is 0 Å². The monoisotopic (exact) mass is 332 g/mol. The number of rotatable bonds is 7. The van der Waals surface area contributed by atoms with Crippen molar-refractivity contribution in [2.75, 3.05) is 20.3 Å². The Morgan fingerprint density at radius 3 is 2.18 bits per heavy atom. The number of methoxy groups -OCH3 is 1. The molecule has 0 unspecified atom stereocenters. The van der Waals surface area contributed by atoms with Crippen LogP contribution in [-0.4, -0.2) is 50.3 Å². The van der Waals surface area contributed by atoms with Gasteiger partial charge in [0.15, 0.2) is 0 Å². The second-order valence-electron chi connectivity index (χ2n) is 4.28. The summed E-state index contributed by atoms with van der Waals surface area (Å²) in [6.07, 6.45) is 0.885. The molecule has 1 aromatic rings. The number of ether oxygens (including phenoxy) is 2. The molecule has 2 N–H and O–H groups in total. The van der Waals surface area contributed by atoms with Crippen LogP contribution in [0.15, 0.2) is 23.1 Å². The van der Waals surface area contributed by atoms with Crippen LogP contribution in [0, 0.1) is 0 Å². The van der Waals surface area contributed by atoms with Crippen molar-refractivity contribution in [2.45, 2.75) is 17.7 Å². The molecule has 0 aliphatic carbocycles. The van der Waals surface area contributed by atoms with Crippen LogP contribution in [0.3, 0.4) is 0 Å². The van der Waals surface area contributed by atoms with Gasteiger partial charge in [-0.05, 0) is 31.0 Å². The van der Waals surface area contributed by atoms with E-state index >= 15 is 0 Å². The zero-order valence-corrected chi connectivity index (χ0v) is 12.6. The van der Waals surface area contributed by atoms with Gasteiger partial charge in [-0.25, -0.2) is 9.59 Å². The highest BCUT2D eigenvalue weighted by Gasteiger charge is 2.19. The van der Waals surface area contributed by atoms with Gasteiger partial charge in [0, 0.05) is 6.61 Å². The number of hydrogen-bond acceptors (Lipinski definition) is 7. The Labute approximate surface area is 127 Å². The lowest BCUT2D eigenvalue weighted by atomic mass is 10.1. The number of carbonyl (C=O) groups excluding carboxylic acids is 2. The molecule has 0 fully saturated rings. The van der Waals surface area contributed by atoms with Crippen molar-refractivity contribution < 1.29 is 37.1 Å². The Kier molecular flexibility index (Phi) is 6.47. The van der Waals surface area contributed by atoms with Crippen LogP contribution in [0.5, 0.6) is 0 Å². The summed E-state index contributed by atoms with van der Waals surface area (Å²) in [7, 11) is -3.51. The first-order valence-electron chi connectivity index (χ1n) is 6.28. The molecule has 9 heteroatoms. The van der Waals surface area contributed by atoms with Crippen molar-refractivity contribution in [3.8, 4) is 0 Å². The first-order valence-corrected chi connectivity index (χ1v) is 7.72. The Morgan fingerprint density at radius 1 is 1.09 bits per heavy atom. The fourth-order valence-corrected chi connectivity index (χ4v) is 2.12. The number of unbranched alkanes of at least 4 members (excludes halogenated alkanes) is 1. The van der Waals surface area contributed by atoms with Crippen molar-refractivity contribution in [3.05, 3.63) is 29.3 Å². The van der Waals surface area contributed by atoms with Crippen molar-refractivity contribution >= 4 is 22.1 Å². The summed E-state index contributed by atoms with van der Waals surface area (Å²) in [6.45, 7) is -0.00860.